The van der Waals surface area contributed by atoms with E-state index in [1.165, 1.54) is 17.0 Å². The van der Waals surface area contributed by atoms with Crippen molar-refractivity contribution in [3.05, 3.63) is 52.4 Å². The van der Waals surface area contributed by atoms with E-state index in [-0.39, 0.29) is 18.1 Å². The van der Waals surface area contributed by atoms with Crippen LogP contribution in [0.4, 0.5) is 15.9 Å². The third-order valence-corrected chi connectivity index (χ3v) is 3.40. The smallest absolute Gasteiger partial charge is 0.237 e. The minimum Gasteiger partial charge on any atom is -0.274 e. The second kappa shape index (κ2) is 4.17. The predicted octanol–water partition coefficient (Wildman–Crippen LogP) is 3.20. The van der Waals surface area contributed by atoms with Gasteiger partial charge in [0.1, 0.15) is 11.6 Å². The van der Waals surface area contributed by atoms with Crippen LogP contribution in [0.1, 0.15) is 5.56 Å². The quantitative estimate of drug-likeness (QED) is 0.810. The highest BCUT2D eigenvalue weighted by atomic mass is 79.9. The number of hydrogen-bond acceptors (Lipinski definition) is 2. The summed E-state index contributed by atoms with van der Waals surface area (Å²) in [6.07, 6.45) is 1.82. The number of hydrogen-bond donors (Lipinski definition) is 0. The summed E-state index contributed by atoms with van der Waals surface area (Å²) in [5.74, 6) is 0.0971. The lowest BCUT2D eigenvalue weighted by Crippen LogP contribution is -2.21. The van der Waals surface area contributed by atoms with Crippen LogP contribution in [-0.2, 0) is 11.2 Å². The molecular formula is C13H8BrFN2O. The molecule has 5 heteroatoms. The molecule has 0 bridgehead atoms. The molecule has 0 radical (unpaired) electrons. The zero-order chi connectivity index (χ0) is 12.7. The van der Waals surface area contributed by atoms with E-state index < -0.39 is 0 Å². The molecule has 3 rings (SSSR count). The van der Waals surface area contributed by atoms with Crippen molar-refractivity contribution in [1.29, 1.82) is 0 Å². The third kappa shape index (κ3) is 1.71. The van der Waals surface area contributed by atoms with Gasteiger partial charge < -0.3 is 0 Å². The zero-order valence-corrected chi connectivity index (χ0v) is 10.8. The predicted molar refractivity (Wildman–Crippen MR) is 69.2 cm³/mol. The number of rotatable bonds is 1. The average molecular weight is 307 g/mol. The molecule has 0 atom stereocenters. The number of nitrogens with zero attached hydrogens (tertiary/aromatic N) is 2. The molecule has 0 saturated carbocycles. The minimum absolute atomic E-state index is 0.102. The van der Waals surface area contributed by atoms with Gasteiger partial charge in [-0.05, 0) is 45.8 Å². The molecule has 2 aromatic rings. The highest BCUT2D eigenvalue weighted by molar-refractivity contribution is 9.10. The van der Waals surface area contributed by atoms with Crippen LogP contribution in [0.2, 0.25) is 0 Å². The summed E-state index contributed by atoms with van der Waals surface area (Å²) in [6, 6.07) is 8.09. The lowest BCUT2D eigenvalue weighted by Gasteiger charge is -2.17. The first-order valence-electron chi connectivity index (χ1n) is 5.39. The topological polar surface area (TPSA) is 33.2 Å². The van der Waals surface area contributed by atoms with Gasteiger partial charge in [-0.3, -0.25) is 9.69 Å². The second-order valence-electron chi connectivity index (χ2n) is 3.99. The van der Waals surface area contributed by atoms with Crippen molar-refractivity contribution >= 4 is 33.3 Å². The first kappa shape index (κ1) is 11.3. The molecule has 0 fully saturated rings. The first-order chi connectivity index (χ1) is 8.66. The van der Waals surface area contributed by atoms with Gasteiger partial charge in [0.2, 0.25) is 5.91 Å². The number of benzene rings is 1. The van der Waals surface area contributed by atoms with Gasteiger partial charge >= 0.3 is 0 Å². The van der Waals surface area contributed by atoms with Crippen molar-refractivity contribution in [2.75, 3.05) is 4.90 Å². The van der Waals surface area contributed by atoms with Gasteiger partial charge in [-0.2, -0.15) is 0 Å². The molecule has 0 spiro atoms. The van der Waals surface area contributed by atoms with E-state index in [0.717, 1.165) is 0 Å². The Kier molecular flexibility index (Phi) is 2.63. The summed E-state index contributed by atoms with van der Waals surface area (Å²) in [5.41, 5.74) is 1.36. The van der Waals surface area contributed by atoms with Gasteiger partial charge in [0.15, 0.2) is 0 Å². The number of carbonyl (C=O) groups excluding carboxylic acids is 1. The number of carbonyl (C=O) groups is 1. The summed E-state index contributed by atoms with van der Waals surface area (Å²) in [6.45, 7) is 0. The third-order valence-electron chi connectivity index (χ3n) is 2.80. The van der Waals surface area contributed by atoms with Gasteiger partial charge in [0, 0.05) is 10.7 Å². The highest BCUT2D eigenvalue weighted by Crippen LogP contribution is 2.40. The molecule has 1 amide bonds. The standard InChI is InChI=1S/C13H8BrFN2O/c14-10-7-9(15)5-8-6-12(18)17(13(8)10)11-3-1-2-4-16-11/h1-5,7H,6H2. The molecule has 90 valence electrons. The molecule has 2 heterocycles. The molecule has 18 heavy (non-hydrogen) atoms. The lowest BCUT2D eigenvalue weighted by molar-refractivity contribution is -0.116. The van der Waals surface area contributed by atoms with Crippen LogP contribution in [0.15, 0.2) is 41.0 Å². The summed E-state index contributed by atoms with van der Waals surface area (Å²) >= 11 is 3.30. The Bertz CT molecular complexity index is 630. The number of anilines is 2. The summed E-state index contributed by atoms with van der Waals surface area (Å²) in [4.78, 5) is 17.7. The first-order valence-corrected chi connectivity index (χ1v) is 6.18. The van der Waals surface area contributed by atoms with Crippen molar-refractivity contribution in [3.63, 3.8) is 0 Å². The van der Waals surface area contributed by atoms with Crippen LogP contribution in [0, 0.1) is 5.82 Å². The normalized spacial score (nSPS) is 13.9. The Morgan fingerprint density at radius 3 is 2.89 bits per heavy atom. The van der Waals surface area contributed by atoms with Crippen LogP contribution >= 0.6 is 15.9 Å². The van der Waals surface area contributed by atoms with Crippen molar-refractivity contribution in [1.82, 2.24) is 4.98 Å². The summed E-state index contributed by atoms with van der Waals surface area (Å²) < 4.78 is 13.9. The van der Waals surface area contributed by atoms with Crippen LogP contribution in [0.5, 0.6) is 0 Å². The van der Waals surface area contributed by atoms with Crippen LogP contribution < -0.4 is 4.90 Å². The Balaban J connectivity index is 2.18. The molecule has 1 aliphatic heterocycles. The molecule has 0 aliphatic carbocycles. The number of halogens is 2. The Morgan fingerprint density at radius 2 is 2.17 bits per heavy atom. The minimum atomic E-state index is -0.351. The Hall–Kier alpha value is -1.75. The highest BCUT2D eigenvalue weighted by Gasteiger charge is 2.31. The fraction of sp³-hybridized carbons (Fsp3) is 0.0769. The molecular weight excluding hydrogens is 299 g/mol. The van der Waals surface area contributed by atoms with E-state index in [0.29, 0.717) is 21.5 Å². The molecule has 3 nitrogen and oxygen atoms in total. The number of fused-ring (bicyclic) bond motifs is 1. The van der Waals surface area contributed by atoms with Crippen molar-refractivity contribution in [3.8, 4) is 0 Å². The monoisotopic (exact) mass is 306 g/mol. The molecule has 0 saturated heterocycles. The number of amides is 1. The fourth-order valence-corrected chi connectivity index (χ4v) is 2.75. The summed E-state index contributed by atoms with van der Waals surface area (Å²) in [7, 11) is 0. The van der Waals surface area contributed by atoms with E-state index in [2.05, 4.69) is 20.9 Å². The van der Waals surface area contributed by atoms with Crippen molar-refractivity contribution in [2.45, 2.75) is 6.42 Å². The fourth-order valence-electron chi connectivity index (χ4n) is 2.10. The largest absolute Gasteiger partial charge is 0.274 e. The SMILES string of the molecule is O=C1Cc2cc(F)cc(Br)c2N1c1ccccn1. The molecule has 1 aliphatic rings. The van der Waals surface area contributed by atoms with E-state index >= 15 is 0 Å². The Morgan fingerprint density at radius 1 is 1.33 bits per heavy atom. The molecule has 1 aromatic heterocycles. The van der Waals surface area contributed by atoms with Gasteiger partial charge in [0.05, 0.1) is 12.1 Å². The second-order valence-corrected chi connectivity index (χ2v) is 4.84. The number of aromatic nitrogens is 1. The maximum Gasteiger partial charge on any atom is 0.237 e. The summed E-state index contributed by atoms with van der Waals surface area (Å²) in [5, 5.41) is 0. The van der Waals surface area contributed by atoms with E-state index in [1.54, 1.807) is 18.3 Å². The van der Waals surface area contributed by atoms with E-state index in [9.17, 15) is 9.18 Å². The van der Waals surface area contributed by atoms with Crippen LogP contribution in [0.25, 0.3) is 0 Å². The molecule has 1 aromatic carbocycles. The number of pyridine rings is 1. The zero-order valence-electron chi connectivity index (χ0n) is 9.23. The van der Waals surface area contributed by atoms with Crippen LogP contribution in [-0.4, -0.2) is 10.9 Å². The van der Waals surface area contributed by atoms with Crippen molar-refractivity contribution in [2.24, 2.45) is 0 Å². The van der Waals surface area contributed by atoms with Gasteiger partial charge in [-0.15, -0.1) is 0 Å². The maximum atomic E-state index is 13.3. The van der Waals surface area contributed by atoms with Gasteiger partial charge in [-0.1, -0.05) is 6.07 Å². The average Bonchev–Trinajstić information content (AvgIpc) is 2.66. The van der Waals surface area contributed by atoms with E-state index in [1.807, 2.05) is 6.07 Å². The van der Waals surface area contributed by atoms with E-state index in [4.69, 9.17) is 0 Å². The van der Waals surface area contributed by atoms with Gasteiger partial charge in [-0.25, -0.2) is 9.37 Å². The molecule has 0 unspecified atom stereocenters. The lowest BCUT2D eigenvalue weighted by atomic mass is 10.1. The maximum absolute atomic E-state index is 13.3. The van der Waals surface area contributed by atoms with Crippen molar-refractivity contribution < 1.29 is 9.18 Å². The van der Waals surface area contributed by atoms with Crippen LogP contribution in [0.3, 0.4) is 0 Å². The molecule has 0 N–H and O–H groups in total. The van der Waals surface area contributed by atoms with Gasteiger partial charge in [0.25, 0.3) is 0 Å². The Labute approximate surface area is 111 Å².